The summed E-state index contributed by atoms with van der Waals surface area (Å²) < 4.78 is 5.15. The van der Waals surface area contributed by atoms with Crippen molar-refractivity contribution in [3.8, 4) is 6.01 Å². The van der Waals surface area contributed by atoms with Gasteiger partial charge in [0.25, 0.3) is 0 Å². The first kappa shape index (κ1) is 12.4. The summed E-state index contributed by atoms with van der Waals surface area (Å²) in [4.78, 5) is 18.9. The summed E-state index contributed by atoms with van der Waals surface area (Å²) in [6.45, 7) is 6.31. The Labute approximate surface area is 94.5 Å². The lowest BCUT2D eigenvalue weighted by Gasteiger charge is -2.09. The number of aromatic carboxylic acids is 1. The van der Waals surface area contributed by atoms with E-state index in [1.807, 2.05) is 20.8 Å². The fourth-order valence-electron chi connectivity index (χ4n) is 1.32. The summed E-state index contributed by atoms with van der Waals surface area (Å²) in [7, 11) is 0. The predicted molar refractivity (Wildman–Crippen MR) is 58.7 cm³/mol. The normalized spacial score (nSPS) is 10.5. The summed E-state index contributed by atoms with van der Waals surface area (Å²) in [5.41, 5.74) is 0.679. The maximum absolute atomic E-state index is 11.0. The molecule has 0 saturated carbocycles. The highest BCUT2D eigenvalue weighted by Gasteiger charge is 2.14. The zero-order valence-electron chi connectivity index (χ0n) is 9.73. The Morgan fingerprint density at radius 1 is 1.56 bits per heavy atom. The Bertz CT molecular complexity index is 377. The van der Waals surface area contributed by atoms with Gasteiger partial charge in [0, 0.05) is 6.20 Å². The number of hydrogen-bond acceptors (Lipinski definition) is 4. The fraction of sp³-hybridized carbons (Fsp3) is 0.545. The summed E-state index contributed by atoms with van der Waals surface area (Å²) in [5, 5.41) is 8.98. The van der Waals surface area contributed by atoms with Crippen molar-refractivity contribution >= 4 is 5.97 Å². The zero-order chi connectivity index (χ0) is 12.1. The molecular weight excluding hydrogens is 208 g/mol. The number of carboxylic acids is 1. The average molecular weight is 224 g/mol. The van der Waals surface area contributed by atoms with Crippen LogP contribution in [0.2, 0.25) is 0 Å². The molecule has 0 spiro atoms. The Balaban J connectivity index is 3.05. The molecule has 0 amide bonds. The molecule has 0 fully saturated rings. The van der Waals surface area contributed by atoms with E-state index in [2.05, 4.69) is 9.97 Å². The largest absolute Gasteiger partial charge is 0.478 e. The van der Waals surface area contributed by atoms with Crippen molar-refractivity contribution in [1.82, 2.24) is 9.97 Å². The molecule has 0 aliphatic rings. The summed E-state index contributed by atoms with van der Waals surface area (Å²) in [6.07, 6.45) is 1.91. The van der Waals surface area contributed by atoms with E-state index in [1.54, 1.807) is 0 Å². The highest BCUT2D eigenvalue weighted by Crippen LogP contribution is 2.14. The van der Waals surface area contributed by atoms with E-state index in [4.69, 9.17) is 9.84 Å². The highest BCUT2D eigenvalue weighted by atomic mass is 16.5. The van der Waals surface area contributed by atoms with Gasteiger partial charge in [-0.05, 0) is 19.3 Å². The maximum Gasteiger partial charge on any atom is 0.339 e. The third-order valence-corrected chi connectivity index (χ3v) is 1.95. The number of hydrogen-bond donors (Lipinski definition) is 1. The molecule has 0 unspecified atom stereocenters. The second-order valence-electron chi connectivity index (χ2n) is 3.85. The van der Waals surface area contributed by atoms with E-state index in [9.17, 15) is 4.79 Å². The molecular formula is C11H16N2O3. The molecule has 1 heterocycles. The van der Waals surface area contributed by atoms with E-state index in [-0.39, 0.29) is 11.6 Å². The van der Waals surface area contributed by atoms with Gasteiger partial charge in [0.15, 0.2) is 0 Å². The standard InChI is InChI=1S/C11H16N2O3/c1-4-16-11-12-6-8(10(14)15)9(13-11)5-7(2)3/h6-7H,4-5H2,1-3H3,(H,14,15). The molecule has 1 aromatic rings. The molecule has 1 rings (SSSR count). The summed E-state index contributed by atoms with van der Waals surface area (Å²) in [6, 6.07) is 0.239. The molecule has 0 saturated heterocycles. The average Bonchev–Trinajstić information content (AvgIpc) is 2.16. The molecule has 16 heavy (non-hydrogen) atoms. The fourth-order valence-corrected chi connectivity index (χ4v) is 1.32. The van der Waals surface area contributed by atoms with Gasteiger partial charge in [-0.1, -0.05) is 13.8 Å². The van der Waals surface area contributed by atoms with Gasteiger partial charge in [0.1, 0.15) is 0 Å². The predicted octanol–water partition coefficient (Wildman–Crippen LogP) is 1.77. The van der Waals surface area contributed by atoms with Crippen molar-refractivity contribution in [3.05, 3.63) is 17.5 Å². The Hall–Kier alpha value is -1.65. The Morgan fingerprint density at radius 2 is 2.25 bits per heavy atom. The summed E-state index contributed by atoms with van der Waals surface area (Å²) in [5.74, 6) is -0.666. The molecule has 5 heteroatoms. The minimum atomic E-state index is -1.00. The highest BCUT2D eigenvalue weighted by molar-refractivity contribution is 5.88. The van der Waals surface area contributed by atoms with Crippen LogP contribution >= 0.6 is 0 Å². The van der Waals surface area contributed by atoms with Crippen molar-refractivity contribution in [2.75, 3.05) is 6.61 Å². The molecule has 1 aromatic heterocycles. The Morgan fingerprint density at radius 3 is 2.75 bits per heavy atom. The van der Waals surface area contributed by atoms with Crippen LogP contribution in [0.5, 0.6) is 6.01 Å². The van der Waals surface area contributed by atoms with Crippen molar-refractivity contribution in [2.45, 2.75) is 27.2 Å². The van der Waals surface area contributed by atoms with Crippen LogP contribution in [-0.4, -0.2) is 27.7 Å². The topological polar surface area (TPSA) is 72.3 Å². The molecule has 5 nitrogen and oxygen atoms in total. The number of ether oxygens (including phenoxy) is 1. The van der Waals surface area contributed by atoms with Gasteiger partial charge in [-0.3, -0.25) is 0 Å². The third-order valence-electron chi connectivity index (χ3n) is 1.95. The Kier molecular flexibility index (Phi) is 4.22. The van der Waals surface area contributed by atoms with Gasteiger partial charge < -0.3 is 9.84 Å². The smallest absolute Gasteiger partial charge is 0.339 e. The van der Waals surface area contributed by atoms with E-state index < -0.39 is 5.97 Å². The van der Waals surface area contributed by atoms with Gasteiger partial charge in [-0.2, -0.15) is 4.98 Å². The van der Waals surface area contributed by atoms with Crippen molar-refractivity contribution in [2.24, 2.45) is 5.92 Å². The number of carboxylic acid groups (broad SMARTS) is 1. The lowest BCUT2D eigenvalue weighted by Crippen LogP contribution is -2.10. The van der Waals surface area contributed by atoms with Crippen LogP contribution in [0.25, 0.3) is 0 Å². The first-order valence-corrected chi connectivity index (χ1v) is 5.26. The van der Waals surface area contributed by atoms with Crippen molar-refractivity contribution < 1.29 is 14.6 Å². The monoisotopic (exact) mass is 224 g/mol. The van der Waals surface area contributed by atoms with Gasteiger partial charge in [-0.25, -0.2) is 9.78 Å². The number of aromatic nitrogens is 2. The molecule has 0 aliphatic carbocycles. The summed E-state index contributed by atoms with van der Waals surface area (Å²) >= 11 is 0. The minimum Gasteiger partial charge on any atom is -0.478 e. The van der Waals surface area contributed by atoms with Crippen LogP contribution in [-0.2, 0) is 6.42 Å². The first-order valence-electron chi connectivity index (χ1n) is 5.26. The first-order chi connectivity index (χ1) is 7.54. The SMILES string of the molecule is CCOc1ncc(C(=O)O)c(CC(C)C)n1. The molecule has 88 valence electrons. The van der Waals surface area contributed by atoms with Crippen LogP contribution in [0.3, 0.4) is 0 Å². The van der Waals surface area contributed by atoms with Crippen LogP contribution < -0.4 is 4.74 Å². The van der Waals surface area contributed by atoms with Crippen LogP contribution in [0.15, 0.2) is 6.20 Å². The zero-order valence-corrected chi connectivity index (χ0v) is 9.73. The minimum absolute atomic E-state index is 0.150. The molecule has 0 aliphatic heterocycles. The van der Waals surface area contributed by atoms with Gasteiger partial charge in [0.05, 0.1) is 17.9 Å². The quantitative estimate of drug-likeness (QED) is 0.825. The van der Waals surface area contributed by atoms with E-state index in [1.165, 1.54) is 6.20 Å². The van der Waals surface area contributed by atoms with Crippen molar-refractivity contribution in [1.29, 1.82) is 0 Å². The van der Waals surface area contributed by atoms with Crippen molar-refractivity contribution in [3.63, 3.8) is 0 Å². The van der Waals surface area contributed by atoms with Gasteiger partial charge >= 0.3 is 12.0 Å². The number of carbonyl (C=O) groups is 1. The third kappa shape index (κ3) is 3.18. The molecule has 0 radical (unpaired) electrons. The van der Waals surface area contributed by atoms with E-state index in [0.29, 0.717) is 24.6 Å². The number of rotatable bonds is 5. The van der Waals surface area contributed by atoms with E-state index >= 15 is 0 Å². The molecule has 0 atom stereocenters. The van der Waals surface area contributed by atoms with E-state index in [0.717, 1.165) is 0 Å². The maximum atomic E-state index is 11.0. The molecule has 1 N–H and O–H groups in total. The van der Waals surface area contributed by atoms with Crippen LogP contribution in [0, 0.1) is 5.92 Å². The van der Waals surface area contributed by atoms with Crippen LogP contribution in [0.4, 0.5) is 0 Å². The van der Waals surface area contributed by atoms with Gasteiger partial charge in [-0.15, -0.1) is 0 Å². The molecule has 0 bridgehead atoms. The van der Waals surface area contributed by atoms with Crippen LogP contribution in [0.1, 0.15) is 36.8 Å². The lowest BCUT2D eigenvalue weighted by atomic mass is 10.0. The second-order valence-corrected chi connectivity index (χ2v) is 3.85. The molecule has 0 aromatic carbocycles. The second kappa shape index (κ2) is 5.44. The van der Waals surface area contributed by atoms with Gasteiger partial charge in [0.2, 0.25) is 0 Å². The lowest BCUT2D eigenvalue weighted by molar-refractivity contribution is 0.0694. The number of nitrogens with zero attached hydrogens (tertiary/aromatic N) is 2.